The quantitative estimate of drug-likeness (QED) is 0.453. The van der Waals surface area contributed by atoms with Crippen LogP contribution in [-0.4, -0.2) is 25.1 Å². The summed E-state index contributed by atoms with van der Waals surface area (Å²) >= 11 is 0. The number of hydrogen-bond acceptors (Lipinski definition) is 4. The molecule has 1 rings (SSSR count). The molecule has 0 amide bonds. The predicted molar refractivity (Wildman–Crippen MR) is 53.5 cm³/mol. The van der Waals surface area contributed by atoms with Crippen molar-refractivity contribution in [1.82, 2.24) is 0 Å². The monoisotopic (exact) mass is 195 g/mol. The zero-order valence-electron chi connectivity index (χ0n) is 8.23. The molecule has 0 radical (unpaired) electrons. The van der Waals surface area contributed by atoms with Gasteiger partial charge < -0.3 is 14.7 Å². The molecule has 1 aromatic carbocycles. The molecule has 0 unspecified atom stereocenters. The zero-order valence-corrected chi connectivity index (χ0v) is 8.23. The Bertz CT molecular complexity index is 323. The summed E-state index contributed by atoms with van der Waals surface area (Å²) in [7, 11) is 1.59. The van der Waals surface area contributed by atoms with Gasteiger partial charge in [-0.05, 0) is 19.1 Å². The van der Waals surface area contributed by atoms with Gasteiger partial charge in [0.25, 0.3) is 0 Å². The van der Waals surface area contributed by atoms with E-state index < -0.39 is 0 Å². The van der Waals surface area contributed by atoms with E-state index in [2.05, 4.69) is 5.16 Å². The van der Waals surface area contributed by atoms with E-state index in [1.165, 1.54) is 6.21 Å². The molecule has 0 aromatic heterocycles. The molecule has 4 nitrogen and oxygen atoms in total. The van der Waals surface area contributed by atoms with Crippen molar-refractivity contribution in [3.8, 4) is 11.5 Å². The van der Waals surface area contributed by atoms with Crippen molar-refractivity contribution >= 4 is 6.21 Å². The molecule has 14 heavy (non-hydrogen) atoms. The number of benzene rings is 1. The van der Waals surface area contributed by atoms with Gasteiger partial charge in [0.1, 0.15) is 11.5 Å². The first-order valence-electron chi connectivity index (χ1n) is 4.30. The van der Waals surface area contributed by atoms with Gasteiger partial charge in [0.05, 0.1) is 19.9 Å². The van der Waals surface area contributed by atoms with Gasteiger partial charge in [-0.2, -0.15) is 0 Å². The SMILES string of the molecule is CCOc1cc(OC)ccc1/C=N/O. The third-order valence-electron chi connectivity index (χ3n) is 1.72. The normalized spacial score (nSPS) is 10.4. The number of hydrogen-bond donors (Lipinski definition) is 1. The molecule has 1 N–H and O–H groups in total. The van der Waals surface area contributed by atoms with Crippen LogP contribution < -0.4 is 9.47 Å². The van der Waals surface area contributed by atoms with Gasteiger partial charge in [-0.3, -0.25) is 0 Å². The van der Waals surface area contributed by atoms with Gasteiger partial charge in [-0.15, -0.1) is 0 Å². The van der Waals surface area contributed by atoms with E-state index in [1.54, 1.807) is 25.3 Å². The Labute approximate surface area is 82.8 Å². The molecule has 76 valence electrons. The average Bonchev–Trinajstić information content (AvgIpc) is 2.21. The molecule has 4 heteroatoms. The number of rotatable bonds is 4. The molecule has 0 aliphatic heterocycles. The Hall–Kier alpha value is -1.71. The highest BCUT2D eigenvalue weighted by Gasteiger charge is 2.03. The number of methoxy groups -OCH3 is 1. The molecule has 1 aromatic rings. The van der Waals surface area contributed by atoms with Crippen LogP contribution in [0.15, 0.2) is 23.4 Å². The van der Waals surface area contributed by atoms with Gasteiger partial charge in [0, 0.05) is 11.6 Å². The lowest BCUT2D eigenvalue weighted by molar-refractivity contribution is 0.320. The van der Waals surface area contributed by atoms with Crippen LogP contribution in [0.25, 0.3) is 0 Å². The molecule has 0 saturated carbocycles. The van der Waals surface area contributed by atoms with Crippen molar-refractivity contribution in [2.24, 2.45) is 5.16 Å². The third kappa shape index (κ3) is 2.39. The zero-order chi connectivity index (χ0) is 10.4. The van der Waals surface area contributed by atoms with Gasteiger partial charge >= 0.3 is 0 Å². The van der Waals surface area contributed by atoms with Crippen LogP contribution in [0.4, 0.5) is 0 Å². The Balaban J connectivity index is 3.03. The maximum atomic E-state index is 8.42. The van der Waals surface area contributed by atoms with Crippen LogP contribution in [0.1, 0.15) is 12.5 Å². The van der Waals surface area contributed by atoms with Crippen molar-refractivity contribution in [1.29, 1.82) is 0 Å². The van der Waals surface area contributed by atoms with E-state index in [0.29, 0.717) is 18.1 Å². The molecular weight excluding hydrogens is 182 g/mol. The second-order valence-corrected chi connectivity index (χ2v) is 2.58. The topological polar surface area (TPSA) is 51.0 Å². The summed E-state index contributed by atoms with van der Waals surface area (Å²) in [6.07, 6.45) is 1.32. The first-order chi connectivity index (χ1) is 6.81. The smallest absolute Gasteiger partial charge is 0.131 e. The first-order valence-corrected chi connectivity index (χ1v) is 4.30. The van der Waals surface area contributed by atoms with Gasteiger partial charge in [-0.25, -0.2) is 0 Å². The Morgan fingerprint density at radius 2 is 2.29 bits per heavy atom. The molecule has 0 atom stereocenters. The fraction of sp³-hybridized carbons (Fsp3) is 0.300. The van der Waals surface area contributed by atoms with Gasteiger partial charge in [-0.1, -0.05) is 5.16 Å². The maximum Gasteiger partial charge on any atom is 0.131 e. The highest BCUT2D eigenvalue weighted by Crippen LogP contribution is 2.23. The summed E-state index contributed by atoms with van der Waals surface area (Å²) < 4.78 is 10.4. The highest BCUT2D eigenvalue weighted by atomic mass is 16.5. The standard InChI is InChI=1S/C10H13NO3/c1-3-14-10-6-9(13-2)5-4-8(10)7-11-12/h4-7,12H,3H2,1-2H3/b11-7+. The molecule has 0 fully saturated rings. The van der Waals surface area contributed by atoms with Crippen LogP contribution in [0.5, 0.6) is 11.5 Å². The minimum absolute atomic E-state index is 0.555. The fourth-order valence-electron chi connectivity index (χ4n) is 1.09. The largest absolute Gasteiger partial charge is 0.497 e. The number of nitrogens with zero attached hydrogens (tertiary/aromatic N) is 1. The van der Waals surface area contributed by atoms with Crippen LogP contribution in [0, 0.1) is 0 Å². The van der Waals surface area contributed by atoms with Crippen LogP contribution in [-0.2, 0) is 0 Å². The van der Waals surface area contributed by atoms with E-state index >= 15 is 0 Å². The molecule has 0 heterocycles. The van der Waals surface area contributed by atoms with Crippen molar-refractivity contribution in [3.05, 3.63) is 23.8 Å². The van der Waals surface area contributed by atoms with Gasteiger partial charge in [0.2, 0.25) is 0 Å². The molecule has 0 saturated heterocycles. The lowest BCUT2D eigenvalue weighted by atomic mass is 10.2. The maximum absolute atomic E-state index is 8.42. The predicted octanol–water partition coefficient (Wildman–Crippen LogP) is 1.90. The lowest BCUT2D eigenvalue weighted by Gasteiger charge is -2.08. The van der Waals surface area contributed by atoms with Crippen LogP contribution in [0.2, 0.25) is 0 Å². The number of oxime groups is 1. The van der Waals surface area contributed by atoms with E-state index in [1.807, 2.05) is 6.92 Å². The van der Waals surface area contributed by atoms with E-state index in [-0.39, 0.29) is 0 Å². The average molecular weight is 195 g/mol. The van der Waals surface area contributed by atoms with E-state index in [4.69, 9.17) is 14.7 Å². The Morgan fingerprint density at radius 1 is 1.50 bits per heavy atom. The van der Waals surface area contributed by atoms with Crippen molar-refractivity contribution in [3.63, 3.8) is 0 Å². The second kappa shape index (κ2) is 5.11. The summed E-state index contributed by atoms with van der Waals surface area (Å²) in [5.74, 6) is 1.35. The van der Waals surface area contributed by atoms with Gasteiger partial charge in [0.15, 0.2) is 0 Å². The summed E-state index contributed by atoms with van der Waals surface area (Å²) in [5, 5.41) is 11.4. The second-order valence-electron chi connectivity index (χ2n) is 2.58. The third-order valence-corrected chi connectivity index (χ3v) is 1.72. The summed E-state index contributed by atoms with van der Waals surface area (Å²) in [6, 6.07) is 5.30. The number of ether oxygens (including phenoxy) is 2. The molecule has 0 aliphatic rings. The summed E-state index contributed by atoms with van der Waals surface area (Å²) in [6.45, 7) is 2.44. The van der Waals surface area contributed by atoms with Crippen LogP contribution >= 0.6 is 0 Å². The summed E-state index contributed by atoms with van der Waals surface area (Å²) in [5.41, 5.74) is 0.718. The molecule has 0 aliphatic carbocycles. The van der Waals surface area contributed by atoms with Crippen LogP contribution in [0.3, 0.4) is 0 Å². The van der Waals surface area contributed by atoms with E-state index in [9.17, 15) is 0 Å². The highest BCUT2D eigenvalue weighted by molar-refractivity contribution is 5.83. The summed E-state index contributed by atoms with van der Waals surface area (Å²) in [4.78, 5) is 0. The lowest BCUT2D eigenvalue weighted by Crippen LogP contribution is -1.97. The van der Waals surface area contributed by atoms with Crippen molar-refractivity contribution in [2.45, 2.75) is 6.92 Å². The Kier molecular flexibility index (Phi) is 3.79. The molecule has 0 bridgehead atoms. The molecule has 0 spiro atoms. The molecular formula is C10H13NO3. The van der Waals surface area contributed by atoms with Crippen molar-refractivity contribution in [2.75, 3.05) is 13.7 Å². The first kappa shape index (κ1) is 10.4. The minimum Gasteiger partial charge on any atom is -0.497 e. The fourth-order valence-corrected chi connectivity index (χ4v) is 1.09. The van der Waals surface area contributed by atoms with Crippen molar-refractivity contribution < 1.29 is 14.7 Å². The Morgan fingerprint density at radius 3 is 2.86 bits per heavy atom. The minimum atomic E-state index is 0.555. The van der Waals surface area contributed by atoms with E-state index in [0.717, 1.165) is 5.56 Å².